The van der Waals surface area contributed by atoms with Crippen molar-refractivity contribution in [2.24, 2.45) is 40.4 Å². The van der Waals surface area contributed by atoms with Gasteiger partial charge in [0.05, 0.1) is 12.7 Å². The van der Waals surface area contributed by atoms with Crippen molar-refractivity contribution in [3.8, 4) is 0 Å². The smallest absolute Gasteiger partial charge is 0.274 e. The van der Waals surface area contributed by atoms with Crippen LogP contribution in [0, 0.1) is 40.4 Å². The first-order chi connectivity index (χ1) is 15.5. The molecule has 8 heteroatoms. The first-order valence-electron chi connectivity index (χ1n) is 12.8. The third kappa shape index (κ3) is 4.58. The van der Waals surface area contributed by atoms with Gasteiger partial charge in [0.2, 0.25) is 5.91 Å². The van der Waals surface area contributed by atoms with Crippen LogP contribution in [0.25, 0.3) is 0 Å². The molecule has 0 aliphatic heterocycles. The van der Waals surface area contributed by atoms with E-state index in [-0.39, 0.29) is 41.9 Å². The molecule has 0 spiro atoms. The molecule has 0 aromatic heterocycles. The number of fused-ring (bicyclic) bond motifs is 5. The van der Waals surface area contributed by atoms with E-state index < -0.39 is 23.5 Å². The molecule has 4 fully saturated rings. The minimum atomic E-state index is -3.05. The number of thiol groups is 1. The van der Waals surface area contributed by atoms with E-state index in [0.717, 1.165) is 38.5 Å². The Balaban J connectivity index is 1.42. The summed E-state index contributed by atoms with van der Waals surface area (Å²) in [5.41, 5.74) is -0.431. The van der Waals surface area contributed by atoms with Crippen molar-refractivity contribution in [3.05, 3.63) is 0 Å². The Labute approximate surface area is 202 Å². The fourth-order valence-corrected chi connectivity index (χ4v) is 8.74. The van der Waals surface area contributed by atoms with E-state index in [4.69, 9.17) is 0 Å². The number of aliphatic hydroxyl groups is 2. The van der Waals surface area contributed by atoms with Crippen LogP contribution in [0.1, 0.15) is 78.1 Å². The first kappa shape index (κ1) is 25.6. The van der Waals surface area contributed by atoms with Gasteiger partial charge < -0.3 is 19.7 Å². The number of nitrogens with one attached hydrogen (secondary N) is 1. The fraction of sp³-hybridized carbons (Fsp3) is 0.960. The summed E-state index contributed by atoms with van der Waals surface area (Å²) in [6, 6.07) is 0. The summed E-state index contributed by atoms with van der Waals surface area (Å²) in [5.74, 6) is -2.06. The Morgan fingerprint density at radius 2 is 1.85 bits per heavy atom. The van der Waals surface area contributed by atoms with E-state index in [0.29, 0.717) is 37.8 Å². The molecule has 190 valence electrons. The zero-order valence-corrected chi connectivity index (χ0v) is 20.8. The number of carbonyl (C=O) groups excluding carboxylic acids is 1. The van der Waals surface area contributed by atoms with Crippen LogP contribution in [0.4, 0.5) is 8.78 Å². The lowest BCUT2D eigenvalue weighted by Gasteiger charge is -2.63. The summed E-state index contributed by atoms with van der Waals surface area (Å²) in [6.45, 7) is 5.19. The van der Waals surface area contributed by atoms with Crippen LogP contribution in [0.5, 0.6) is 0 Å². The SMILES string of the molecule is CC12CCC3C(C(O)CC4CC(O)C(F)(F)CC43C)C1CCC2CCCC(=O)NCCOS. The Morgan fingerprint density at radius 1 is 1.12 bits per heavy atom. The molecule has 9 atom stereocenters. The van der Waals surface area contributed by atoms with Gasteiger partial charge in [0.15, 0.2) is 0 Å². The maximum absolute atomic E-state index is 14.6. The predicted molar refractivity (Wildman–Crippen MR) is 125 cm³/mol. The van der Waals surface area contributed by atoms with Crippen molar-refractivity contribution < 1.29 is 28.0 Å². The Hall–Kier alpha value is -0.440. The van der Waals surface area contributed by atoms with Crippen LogP contribution in [-0.4, -0.2) is 47.4 Å². The third-order valence-corrected chi connectivity index (χ3v) is 10.5. The summed E-state index contributed by atoms with van der Waals surface area (Å²) in [4.78, 5) is 12.0. The normalized spacial score (nSPS) is 46.2. The highest BCUT2D eigenvalue weighted by molar-refractivity contribution is 7.75. The van der Waals surface area contributed by atoms with Gasteiger partial charge in [-0.3, -0.25) is 4.79 Å². The molecule has 4 saturated carbocycles. The number of carbonyl (C=O) groups is 1. The van der Waals surface area contributed by atoms with E-state index in [1.165, 1.54) is 0 Å². The van der Waals surface area contributed by atoms with Crippen molar-refractivity contribution in [2.75, 3.05) is 13.2 Å². The molecule has 4 aliphatic rings. The van der Waals surface area contributed by atoms with Crippen LogP contribution in [0.15, 0.2) is 0 Å². The Kier molecular flexibility index (Phi) is 7.42. The number of amides is 1. The molecule has 0 bridgehead atoms. The van der Waals surface area contributed by atoms with Crippen LogP contribution in [-0.2, 0) is 8.98 Å². The molecular formula is C25H41F2NO4S. The lowest BCUT2D eigenvalue weighted by molar-refractivity contribution is -0.235. The Morgan fingerprint density at radius 3 is 2.58 bits per heavy atom. The van der Waals surface area contributed by atoms with Crippen molar-refractivity contribution in [1.29, 1.82) is 0 Å². The lowest BCUT2D eigenvalue weighted by atomic mass is 9.43. The molecule has 33 heavy (non-hydrogen) atoms. The lowest BCUT2D eigenvalue weighted by Crippen LogP contribution is -2.61. The van der Waals surface area contributed by atoms with Gasteiger partial charge >= 0.3 is 0 Å². The average molecular weight is 490 g/mol. The molecule has 0 saturated heterocycles. The van der Waals surface area contributed by atoms with Gasteiger partial charge in [0.1, 0.15) is 6.10 Å². The second-order valence-electron chi connectivity index (χ2n) is 11.9. The van der Waals surface area contributed by atoms with E-state index in [1.54, 1.807) is 0 Å². The second kappa shape index (κ2) is 9.55. The number of halogens is 2. The third-order valence-electron chi connectivity index (χ3n) is 10.4. The zero-order valence-electron chi connectivity index (χ0n) is 19.9. The van der Waals surface area contributed by atoms with Crippen LogP contribution >= 0.6 is 12.9 Å². The van der Waals surface area contributed by atoms with Gasteiger partial charge in [-0.2, -0.15) is 0 Å². The van der Waals surface area contributed by atoms with Gasteiger partial charge in [-0.1, -0.05) is 13.8 Å². The number of hydrogen-bond donors (Lipinski definition) is 4. The number of hydrogen-bond acceptors (Lipinski definition) is 5. The summed E-state index contributed by atoms with van der Waals surface area (Å²) in [7, 11) is 0. The molecule has 1 amide bonds. The molecule has 9 unspecified atom stereocenters. The number of aliphatic hydroxyl groups excluding tert-OH is 2. The highest BCUT2D eigenvalue weighted by atomic mass is 32.1. The van der Waals surface area contributed by atoms with E-state index in [9.17, 15) is 23.8 Å². The highest BCUT2D eigenvalue weighted by Gasteiger charge is 2.65. The quantitative estimate of drug-likeness (QED) is 0.243. The van der Waals surface area contributed by atoms with Crippen LogP contribution in [0.3, 0.4) is 0 Å². The zero-order chi connectivity index (χ0) is 24.0. The van der Waals surface area contributed by atoms with Crippen molar-refractivity contribution in [2.45, 2.75) is 96.2 Å². The van der Waals surface area contributed by atoms with Crippen molar-refractivity contribution >= 4 is 18.8 Å². The van der Waals surface area contributed by atoms with Crippen LogP contribution in [0.2, 0.25) is 0 Å². The monoisotopic (exact) mass is 489 g/mol. The Bertz CT molecular complexity index is 727. The van der Waals surface area contributed by atoms with Gasteiger partial charge in [0.25, 0.3) is 5.92 Å². The molecule has 0 radical (unpaired) electrons. The summed E-state index contributed by atoms with van der Waals surface area (Å²) < 4.78 is 33.9. The van der Waals surface area contributed by atoms with Gasteiger partial charge in [-0.05, 0) is 105 Å². The fourth-order valence-electron chi connectivity index (χ4n) is 8.65. The van der Waals surface area contributed by atoms with E-state index >= 15 is 0 Å². The summed E-state index contributed by atoms with van der Waals surface area (Å²) in [5, 5.41) is 24.1. The van der Waals surface area contributed by atoms with Gasteiger partial charge in [-0.25, -0.2) is 8.78 Å². The largest absolute Gasteiger partial charge is 0.393 e. The number of alkyl halides is 2. The van der Waals surface area contributed by atoms with E-state index in [1.807, 2.05) is 6.92 Å². The molecular weight excluding hydrogens is 448 g/mol. The number of rotatable bonds is 7. The predicted octanol–water partition coefficient (Wildman–Crippen LogP) is 4.37. The van der Waals surface area contributed by atoms with Crippen molar-refractivity contribution in [3.63, 3.8) is 0 Å². The molecule has 0 heterocycles. The minimum Gasteiger partial charge on any atom is -0.393 e. The van der Waals surface area contributed by atoms with Crippen LogP contribution < -0.4 is 5.32 Å². The van der Waals surface area contributed by atoms with Gasteiger partial charge in [-0.15, -0.1) is 0 Å². The topological polar surface area (TPSA) is 78.8 Å². The van der Waals surface area contributed by atoms with Crippen molar-refractivity contribution in [1.82, 2.24) is 5.32 Å². The molecule has 0 aromatic rings. The minimum absolute atomic E-state index is 0.0332. The standard InChI is InChI=1S/C25H41F2NO4S/c1-23-9-8-18-22(19(29)12-16-13-20(30)25(26,27)14-24(16,18)2)17(23)7-6-15(23)4-3-5-21(31)28-10-11-32-33/h15-20,22,29-30,33H,3-14H2,1-2H3,(H,28,31). The molecule has 5 nitrogen and oxygen atoms in total. The second-order valence-corrected chi connectivity index (χ2v) is 12.1. The average Bonchev–Trinajstić information content (AvgIpc) is 3.07. The maximum atomic E-state index is 14.6. The first-order valence-corrected chi connectivity index (χ1v) is 13.2. The molecule has 4 aliphatic carbocycles. The molecule has 4 rings (SSSR count). The summed E-state index contributed by atoms with van der Waals surface area (Å²) >= 11 is 3.67. The van der Waals surface area contributed by atoms with Gasteiger partial charge in [0, 0.05) is 19.4 Å². The maximum Gasteiger partial charge on any atom is 0.274 e. The molecule has 3 N–H and O–H groups in total. The molecule has 0 aromatic carbocycles. The highest BCUT2D eigenvalue weighted by Crippen LogP contribution is 2.68. The summed E-state index contributed by atoms with van der Waals surface area (Å²) in [6.07, 6.45) is 4.59. The van der Waals surface area contributed by atoms with E-state index in [2.05, 4.69) is 29.3 Å².